The maximum atomic E-state index is 13.7. The van der Waals surface area contributed by atoms with E-state index in [-0.39, 0.29) is 5.56 Å². The molecule has 7 heteroatoms. The first-order valence-electron chi connectivity index (χ1n) is 8.72. The molecule has 1 saturated heterocycles. The zero-order valence-corrected chi connectivity index (χ0v) is 14.0. The number of hydrogen-bond acceptors (Lipinski definition) is 4. The highest BCUT2D eigenvalue weighted by atomic mass is 19.1. The van der Waals surface area contributed by atoms with Crippen molar-refractivity contribution in [1.82, 2.24) is 14.9 Å². The fourth-order valence-corrected chi connectivity index (χ4v) is 3.83. The molecule has 4 rings (SSSR count). The Labute approximate surface area is 145 Å². The van der Waals surface area contributed by atoms with E-state index in [4.69, 9.17) is 11.5 Å². The number of nitrogens with one attached hydrogen (secondary N) is 1. The lowest BCUT2D eigenvalue weighted by atomic mass is 9.89. The molecule has 1 aliphatic heterocycles. The number of rotatable bonds is 4. The van der Waals surface area contributed by atoms with Crippen LogP contribution in [0.15, 0.2) is 18.3 Å². The summed E-state index contributed by atoms with van der Waals surface area (Å²) in [5.74, 6) is -0.316. The van der Waals surface area contributed by atoms with Crippen LogP contribution in [0.1, 0.15) is 41.9 Å². The predicted molar refractivity (Wildman–Crippen MR) is 94.1 cm³/mol. The summed E-state index contributed by atoms with van der Waals surface area (Å²) in [7, 11) is 0. The maximum absolute atomic E-state index is 13.7. The minimum atomic E-state index is -0.696. The van der Waals surface area contributed by atoms with E-state index in [1.54, 1.807) is 6.20 Å². The number of carbonyl (C=O) groups excluding carboxylic acids is 1. The van der Waals surface area contributed by atoms with Crippen LogP contribution < -0.4 is 11.5 Å². The average molecular weight is 343 g/mol. The van der Waals surface area contributed by atoms with Gasteiger partial charge in [-0.25, -0.2) is 9.37 Å². The number of imidazole rings is 1. The minimum Gasteiger partial charge on any atom is -0.404 e. The lowest BCUT2D eigenvalue weighted by molar-refractivity contribution is 0.100. The molecule has 1 aromatic heterocycles. The number of primary amides is 1. The molecular weight excluding hydrogens is 321 g/mol. The smallest absolute Gasteiger partial charge is 0.251 e. The van der Waals surface area contributed by atoms with Gasteiger partial charge in [-0.1, -0.05) is 0 Å². The van der Waals surface area contributed by atoms with Crippen molar-refractivity contribution in [3.63, 3.8) is 0 Å². The first kappa shape index (κ1) is 16.1. The van der Waals surface area contributed by atoms with Crippen LogP contribution in [0.3, 0.4) is 0 Å². The number of aromatic nitrogens is 2. The number of allylic oxidation sites excluding steroid dienone is 1. The number of carbonyl (C=O) groups is 1. The molecule has 2 aliphatic rings. The molecule has 2 aromatic rings. The van der Waals surface area contributed by atoms with Gasteiger partial charge in [0.15, 0.2) is 0 Å². The number of fused-ring (bicyclic) bond motifs is 1. The van der Waals surface area contributed by atoms with Gasteiger partial charge in [0.05, 0.1) is 11.1 Å². The Morgan fingerprint density at radius 3 is 2.60 bits per heavy atom. The standard InChI is InChI=1S/C18H22FN5O/c19-11-7-13(17(21)25)16-15(8-11)22-18(23-16)14(9-20)10-3-5-24(6-4-10)12-1-2-12/h7-10,12H,1-6,20H2,(H2,21,25)(H,22,23). The summed E-state index contributed by atoms with van der Waals surface area (Å²) in [6, 6.07) is 3.22. The van der Waals surface area contributed by atoms with Crippen LogP contribution >= 0.6 is 0 Å². The van der Waals surface area contributed by atoms with Gasteiger partial charge >= 0.3 is 0 Å². The number of likely N-dealkylation sites (tertiary alicyclic amines) is 1. The first-order valence-corrected chi connectivity index (χ1v) is 8.72. The van der Waals surface area contributed by atoms with Gasteiger partial charge in [0.2, 0.25) is 0 Å². The van der Waals surface area contributed by atoms with Gasteiger partial charge in [0, 0.05) is 17.8 Å². The van der Waals surface area contributed by atoms with Gasteiger partial charge in [-0.2, -0.15) is 0 Å². The molecule has 2 heterocycles. The molecular formula is C18H22FN5O. The monoisotopic (exact) mass is 343 g/mol. The Hall–Kier alpha value is -2.41. The third kappa shape index (κ3) is 3.00. The topological polar surface area (TPSA) is 101 Å². The second-order valence-electron chi connectivity index (χ2n) is 6.96. The molecule has 0 spiro atoms. The molecule has 6 nitrogen and oxygen atoms in total. The van der Waals surface area contributed by atoms with Crippen LogP contribution in [0.5, 0.6) is 0 Å². The van der Waals surface area contributed by atoms with Crippen molar-refractivity contribution in [3.8, 4) is 0 Å². The maximum Gasteiger partial charge on any atom is 0.251 e. The SMILES string of the molecule is NC=C(c1nc2c(C(N)=O)cc(F)cc2[nH]1)C1CCN(C2CC2)CC1. The van der Waals surface area contributed by atoms with Crippen LogP contribution in [-0.4, -0.2) is 39.9 Å². The summed E-state index contributed by atoms with van der Waals surface area (Å²) in [6.07, 6.45) is 6.25. The highest BCUT2D eigenvalue weighted by molar-refractivity contribution is 6.04. The molecule has 25 heavy (non-hydrogen) atoms. The highest BCUT2D eigenvalue weighted by Crippen LogP contribution is 2.35. The summed E-state index contributed by atoms with van der Waals surface area (Å²) in [5.41, 5.74) is 13.1. The van der Waals surface area contributed by atoms with Gasteiger partial charge in [-0.3, -0.25) is 4.79 Å². The van der Waals surface area contributed by atoms with E-state index in [1.807, 2.05) is 0 Å². The molecule has 0 radical (unpaired) electrons. The van der Waals surface area contributed by atoms with Gasteiger partial charge in [0.25, 0.3) is 5.91 Å². The van der Waals surface area contributed by atoms with Crippen LogP contribution in [0.25, 0.3) is 16.6 Å². The van der Waals surface area contributed by atoms with Crippen molar-refractivity contribution < 1.29 is 9.18 Å². The van der Waals surface area contributed by atoms with Crippen molar-refractivity contribution >= 4 is 22.5 Å². The van der Waals surface area contributed by atoms with E-state index in [2.05, 4.69) is 14.9 Å². The van der Waals surface area contributed by atoms with E-state index in [1.165, 1.54) is 18.9 Å². The Morgan fingerprint density at radius 1 is 1.28 bits per heavy atom. The third-order valence-corrected chi connectivity index (χ3v) is 5.30. The molecule has 0 atom stereocenters. The number of H-pyrrole nitrogens is 1. The second-order valence-corrected chi connectivity index (χ2v) is 6.96. The number of nitrogens with zero attached hydrogens (tertiary/aromatic N) is 2. The fraction of sp³-hybridized carbons (Fsp3) is 0.444. The van der Waals surface area contributed by atoms with Gasteiger partial charge < -0.3 is 21.4 Å². The minimum absolute atomic E-state index is 0.0809. The van der Waals surface area contributed by atoms with Gasteiger partial charge in [0.1, 0.15) is 17.2 Å². The van der Waals surface area contributed by atoms with Crippen molar-refractivity contribution in [2.45, 2.75) is 31.7 Å². The number of amides is 1. The lowest BCUT2D eigenvalue weighted by Gasteiger charge is -2.32. The average Bonchev–Trinajstić information content (AvgIpc) is 3.36. The summed E-state index contributed by atoms with van der Waals surface area (Å²) in [6.45, 7) is 2.13. The van der Waals surface area contributed by atoms with E-state index in [0.29, 0.717) is 22.8 Å². The normalized spacial score (nSPS) is 20.3. The van der Waals surface area contributed by atoms with Crippen molar-refractivity contribution in [1.29, 1.82) is 0 Å². The first-order chi connectivity index (χ1) is 12.1. The second kappa shape index (κ2) is 6.15. The lowest BCUT2D eigenvalue weighted by Crippen LogP contribution is -2.35. The molecule has 1 amide bonds. The fourth-order valence-electron chi connectivity index (χ4n) is 3.83. The number of hydrogen-bond donors (Lipinski definition) is 3. The van der Waals surface area contributed by atoms with Gasteiger partial charge in [-0.15, -0.1) is 0 Å². The Bertz CT molecular complexity index is 847. The van der Waals surface area contributed by atoms with E-state index in [9.17, 15) is 9.18 Å². The molecule has 0 bridgehead atoms. The number of benzene rings is 1. The summed E-state index contributed by atoms with van der Waals surface area (Å²) >= 11 is 0. The van der Waals surface area contributed by atoms with Crippen molar-refractivity contribution in [3.05, 3.63) is 35.5 Å². The van der Waals surface area contributed by atoms with Crippen LogP contribution in [-0.2, 0) is 0 Å². The van der Waals surface area contributed by atoms with Crippen LogP contribution in [0.4, 0.5) is 4.39 Å². The Kier molecular flexibility index (Phi) is 3.95. The van der Waals surface area contributed by atoms with E-state index < -0.39 is 11.7 Å². The quantitative estimate of drug-likeness (QED) is 0.790. The third-order valence-electron chi connectivity index (χ3n) is 5.30. The number of nitrogens with two attached hydrogens (primary N) is 2. The number of halogens is 1. The predicted octanol–water partition coefficient (Wildman–Crippen LogP) is 1.97. The highest BCUT2D eigenvalue weighted by Gasteiger charge is 2.33. The summed E-state index contributed by atoms with van der Waals surface area (Å²) in [5, 5.41) is 0. The summed E-state index contributed by atoms with van der Waals surface area (Å²) < 4.78 is 13.7. The van der Waals surface area contributed by atoms with E-state index in [0.717, 1.165) is 43.6 Å². The number of piperidine rings is 1. The zero-order chi connectivity index (χ0) is 17.6. The van der Waals surface area contributed by atoms with Crippen LogP contribution in [0.2, 0.25) is 0 Å². The molecule has 5 N–H and O–H groups in total. The molecule has 132 valence electrons. The van der Waals surface area contributed by atoms with Crippen molar-refractivity contribution in [2.75, 3.05) is 13.1 Å². The van der Waals surface area contributed by atoms with Gasteiger partial charge in [-0.05, 0) is 56.8 Å². The molecule has 2 fully saturated rings. The van der Waals surface area contributed by atoms with Crippen LogP contribution in [0, 0.1) is 11.7 Å². The van der Waals surface area contributed by atoms with Crippen molar-refractivity contribution in [2.24, 2.45) is 17.4 Å². The largest absolute Gasteiger partial charge is 0.404 e. The van der Waals surface area contributed by atoms with E-state index >= 15 is 0 Å². The zero-order valence-electron chi connectivity index (χ0n) is 14.0. The molecule has 1 aliphatic carbocycles. The summed E-state index contributed by atoms with van der Waals surface area (Å²) in [4.78, 5) is 21.7. The molecule has 0 unspecified atom stereocenters. The Morgan fingerprint density at radius 2 is 2.00 bits per heavy atom. The molecule has 1 aromatic carbocycles. The Balaban J connectivity index is 1.63. The molecule has 1 saturated carbocycles. The number of aromatic amines is 1.